The van der Waals surface area contributed by atoms with Crippen LogP contribution in [0.3, 0.4) is 0 Å². The highest BCUT2D eigenvalue weighted by Crippen LogP contribution is 2.20. The molecule has 1 unspecified atom stereocenters. The Labute approximate surface area is 159 Å². The first-order valence-electron chi connectivity index (χ1n) is 8.48. The molecule has 0 aliphatic carbocycles. The molecule has 1 atom stereocenters. The van der Waals surface area contributed by atoms with Crippen LogP contribution in [0.4, 0.5) is 0 Å². The van der Waals surface area contributed by atoms with E-state index in [9.17, 15) is 4.79 Å². The molecule has 2 heterocycles. The number of halogens is 1. The largest absolute Gasteiger partial charge is 0.491 e. The summed E-state index contributed by atoms with van der Waals surface area (Å²) in [6.45, 7) is 2.98. The van der Waals surface area contributed by atoms with Gasteiger partial charge in [0.15, 0.2) is 0 Å². The highest BCUT2D eigenvalue weighted by molar-refractivity contribution is 5.85. The molecule has 1 aliphatic heterocycles. The Morgan fingerprint density at radius 1 is 1.31 bits per heavy atom. The number of hydrogen-bond acceptors (Lipinski definition) is 5. The topological polar surface area (TPSA) is 68.6 Å². The van der Waals surface area contributed by atoms with Gasteiger partial charge in [0.1, 0.15) is 30.8 Å². The van der Waals surface area contributed by atoms with Crippen molar-refractivity contribution in [3.63, 3.8) is 0 Å². The van der Waals surface area contributed by atoms with Crippen LogP contribution >= 0.6 is 12.4 Å². The zero-order valence-corrected chi connectivity index (χ0v) is 15.7. The maximum Gasteiger partial charge on any atom is 0.249 e. The van der Waals surface area contributed by atoms with Crippen molar-refractivity contribution in [3.8, 4) is 5.75 Å². The minimum absolute atomic E-state index is 0. The Morgan fingerprint density at radius 2 is 2.12 bits per heavy atom. The molecule has 2 aromatic rings. The molecule has 26 heavy (non-hydrogen) atoms. The Bertz CT molecular complexity index is 680. The number of nitrogens with one attached hydrogen (secondary N) is 1. The second-order valence-electron chi connectivity index (χ2n) is 5.92. The standard InChI is InChI=1S/C18H24N4O3.ClH/c1-21-9-8-20-18(21)16-13-19-7-10-22(16)17(23)14-24-11-12-25-15-5-3-2-4-6-15;/h2-6,8-9,16,19H,7,10-14H2,1H3;1H. The summed E-state index contributed by atoms with van der Waals surface area (Å²) in [6.07, 6.45) is 3.65. The lowest BCUT2D eigenvalue weighted by molar-refractivity contribution is -0.140. The lowest BCUT2D eigenvalue weighted by Crippen LogP contribution is -2.50. The van der Waals surface area contributed by atoms with Crippen molar-refractivity contribution in [2.45, 2.75) is 6.04 Å². The molecule has 1 aromatic heterocycles. The molecule has 1 saturated heterocycles. The van der Waals surface area contributed by atoms with Crippen LogP contribution in [0.15, 0.2) is 42.7 Å². The van der Waals surface area contributed by atoms with Crippen LogP contribution in [0, 0.1) is 0 Å². The van der Waals surface area contributed by atoms with Crippen LogP contribution in [0.5, 0.6) is 5.75 Å². The molecule has 0 bridgehead atoms. The molecule has 0 radical (unpaired) electrons. The first-order chi connectivity index (χ1) is 12.3. The SMILES string of the molecule is Cl.Cn1ccnc1C1CNCCN1C(=O)COCCOc1ccccc1. The summed E-state index contributed by atoms with van der Waals surface area (Å²) < 4.78 is 13.0. The second kappa shape index (κ2) is 10.2. The van der Waals surface area contributed by atoms with Crippen LogP contribution in [0.25, 0.3) is 0 Å². The van der Waals surface area contributed by atoms with Crippen LogP contribution < -0.4 is 10.1 Å². The third-order valence-corrected chi connectivity index (χ3v) is 4.19. The number of para-hydroxylation sites is 1. The van der Waals surface area contributed by atoms with Crippen molar-refractivity contribution < 1.29 is 14.3 Å². The van der Waals surface area contributed by atoms with E-state index in [2.05, 4.69) is 10.3 Å². The number of benzene rings is 1. The van der Waals surface area contributed by atoms with Gasteiger partial charge in [0.05, 0.1) is 6.61 Å². The van der Waals surface area contributed by atoms with Crippen LogP contribution in [-0.2, 0) is 16.6 Å². The number of rotatable bonds is 7. The highest BCUT2D eigenvalue weighted by atomic mass is 35.5. The molecule has 0 saturated carbocycles. The summed E-state index contributed by atoms with van der Waals surface area (Å²) in [6, 6.07) is 9.50. The Kier molecular flexibility index (Phi) is 7.90. The normalized spacial score (nSPS) is 16.8. The van der Waals surface area contributed by atoms with Crippen LogP contribution in [0.1, 0.15) is 11.9 Å². The molecule has 142 valence electrons. The maximum atomic E-state index is 12.5. The van der Waals surface area contributed by atoms with E-state index < -0.39 is 0 Å². The van der Waals surface area contributed by atoms with Crippen molar-refractivity contribution in [2.75, 3.05) is 39.5 Å². The number of hydrogen-bond donors (Lipinski definition) is 1. The van der Waals surface area contributed by atoms with Gasteiger partial charge < -0.3 is 24.3 Å². The molecule has 7 nitrogen and oxygen atoms in total. The minimum Gasteiger partial charge on any atom is -0.491 e. The summed E-state index contributed by atoms with van der Waals surface area (Å²) in [5.74, 6) is 1.66. The number of ether oxygens (including phenoxy) is 2. The number of nitrogens with zero attached hydrogens (tertiary/aromatic N) is 3. The molecule has 0 spiro atoms. The molecule has 3 rings (SSSR count). The average molecular weight is 381 g/mol. The van der Waals surface area contributed by atoms with E-state index in [1.807, 2.05) is 53.0 Å². The molecular formula is C18H25ClN4O3. The Balaban J connectivity index is 0.00000243. The van der Waals surface area contributed by atoms with Crippen LogP contribution in [0.2, 0.25) is 0 Å². The van der Waals surface area contributed by atoms with Gasteiger partial charge in [0.25, 0.3) is 0 Å². The number of aromatic nitrogens is 2. The fraction of sp³-hybridized carbons (Fsp3) is 0.444. The predicted molar refractivity (Wildman–Crippen MR) is 101 cm³/mol. The maximum absolute atomic E-state index is 12.5. The van der Waals surface area contributed by atoms with Gasteiger partial charge in [-0.3, -0.25) is 4.79 Å². The van der Waals surface area contributed by atoms with Gasteiger partial charge in [0.2, 0.25) is 5.91 Å². The van der Waals surface area contributed by atoms with Gasteiger partial charge in [-0.2, -0.15) is 0 Å². The third kappa shape index (κ3) is 5.20. The van der Waals surface area contributed by atoms with Gasteiger partial charge >= 0.3 is 0 Å². The second-order valence-corrected chi connectivity index (χ2v) is 5.92. The van der Waals surface area contributed by atoms with Gasteiger partial charge in [-0.1, -0.05) is 18.2 Å². The molecule has 1 amide bonds. The number of carbonyl (C=O) groups is 1. The number of amides is 1. The monoisotopic (exact) mass is 380 g/mol. The zero-order chi connectivity index (χ0) is 17.5. The van der Waals surface area contributed by atoms with Gasteiger partial charge in [0, 0.05) is 39.1 Å². The van der Waals surface area contributed by atoms with Crippen molar-refractivity contribution in [2.24, 2.45) is 7.05 Å². The minimum atomic E-state index is -0.0644. The fourth-order valence-electron chi connectivity index (χ4n) is 2.91. The smallest absolute Gasteiger partial charge is 0.249 e. The quantitative estimate of drug-likeness (QED) is 0.735. The number of imidazole rings is 1. The first kappa shape index (κ1) is 20.2. The molecule has 8 heteroatoms. The van der Waals surface area contributed by atoms with E-state index in [0.717, 1.165) is 18.1 Å². The van der Waals surface area contributed by atoms with E-state index in [-0.39, 0.29) is 31.0 Å². The number of piperazine rings is 1. The molecular weight excluding hydrogens is 356 g/mol. The molecule has 1 fully saturated rings. The predicted octanol–water partition coefficient (Wildman–Crippen LogP) is 1.41. The summed E-state index contributed by atoms with van der Waals surface area (Å²) in [5.41, 5.74) is 0. The van der Waals surface area contributed by atoms with E-state index in [1.54, 1.807) is 6.20 Å². The molecule has 1 aromatic carbocycles. The lowest BCUT2D eigenvalue weighted by atomic mass is 10.1. The average Bonchev–Trinajstić information content (AvgIpc) is 3.08. The van der Waals surface area contributed by atoms with Gasteiger partial charge in [-0.15, -0.1) is 12.4 Å². The van der Waals surface area contributed by atoms with E-state index in [0.29, 0.717) is 26.3 Å². The zero-order valence-electron chi connectivity index (χ0n) is 14.8. The van der Waals surface area contributed by atoms with Crippen molar-refractivity contribution in [1.29, 1.82) is 0 Å². The summed E-state index contributed by atoms with van der Waals surface area (Å²) in [5, 5.41) is 3.32. The summed E-state index contributed by atoms with van der Waals surface area (Å²) >= 11 is 0. The number of carbonyl (C=O) groups excluding carboxylic acids is 1. The van der Waals surface area contributed by atoms with Gasteiger partial charge in [-0.05, 0) is 12.1 Å². The lowest BCUT2D eigenvalue weighted by Gasteiger charge is -2.35. The van der Waals surface area contributed by atoms with E-state index in [4.69, 9.17) is 9.47 Å². The first-order valence-corrected chi connectivity index (χ1v) is 8.48. The molecule has 1 aliphatic rings. The summed E-state index contributed by atoms with van der Waals surface area (Å²) in [7, 11) is 1.94. The Morgan fingerprint density at radius 3 is 2.85 bits per heavy atom. The van der Waals surface area contributed by atoms with Crippen LogP contribution in [-0.4, -0.2) is 59.8 Å². The molecule has 1 N–H and O–H groups in total. The fourth-order valence-corrected chi connectivity index (χ4v) is 2.91. The van der Waals surface area contributed by atoms with E-state index >= 15 is 0 Å². The summed E-state index contributed by atoms with van der Waals surface area (Å²) in [4.78, 5) is 18.8. The Hall–Kier alpha value is -2.09. The highest BCUT2D eigenvalue weighted by Gasteiger charge is 2.30. The number of aryl methyl sites for hydroxylation is 1. The van der Waals surface area contributed by atoms with Crippen molar-refractivity contribution >= 4 is 18.3 Å². The third-order valence-electron chi connectivity index (χ3n) is 4.19. The van der Waals surface area contributed by atoms with Crippen molar-refractivity contribution in [3.05, 3.63) is 48.5 Å². The van der Waals surface area contributed by atoms with Crippen molar-refractivity contribution in [1.82, 2.24) is 19.8 Å². The van der Waals surface area contributed by atoms with Gasteiger partial charge in [-0.25, -0.2) is 4.98 Å². The van der Waals surface area contributed by atoms with E-state index in [1.165, 1.54) is 0 Å².